The van der Waals surface area contributed by atoms with E-state index in [1.165, 1.54) is 24.3 Å². The van der Waals surface area contributed by atoms with Crippen LogP contribution in [-0.4, -0.2) is 24.2 Å². The summed E-state index contributed by atoms with van der Waals surface area (Å²) in [6.07, 6.45) is -0.929. The zero-order chi connectivity index (χ0) is 17.7. The van der Waals surface area contributed by atoms with Gasteiger partial charge >= 0.3 is 0 Å². The number of sulfone groups is 1. The van der Waals surface area contributed by atoms with Gasteiger partial charge in [-0.05, 0) is 17.5 Å². The molecule has 0 fully saturated rings. The Balaban J connectivity index is 2.24. The van der Waals surface area contributed by atoms with Crippen LogP contribution in [0.5, 0.6) is 0 Å². The van der Waals surface area contributed by atoms with E-state index in [-0.39, 0.29) is 11.3 Å². The molecule has 0 aliphatic carbocycles. The largest absolute Gasteiger partial charge is 0.387 e. The summed E-state index contributed by atoms with van der Waals surface area (Å²) in [7, 11) is -3.63. The van der Waals surface area contributed by atoms with Crippen molar-refractivity contribution in [3.63, 3.8) is 0 Å². The number of aliphatic hydroxyl groups is 1. The van der Waals surface area contributed by atoms with E-state index in [2.05, 4.69) is 0 Å². The van der Waals surface area contributed by atoms with Crippen molar-refractivity contribution in [3.8, 4) is 0 Å². The highest BCUT2D eigenvalue weighted by Gasteiger charge is 2.29. The number of hydrogen-bond donors (Lipinski definition) is 1. The molecular formula is C17H19NO5S. The smallest absolute Gasteiger partial charge is 0.269 e. The van der Waals surface area contributed by atoms with Crippen molar-refractivity contribution in [2.24, 2.45) is 0 Å². The minimum absolute atomic E-state index is 0.181. The SMILES string of the molecule is CCC(c1ccccc1)S(=O)(=O)CC(O)c1cccc([N+](=O)[O-])c1. The van der Waals surface area contributed by atoms with Gasteiger partial charge in [0.15, 0.2) is 9.84 Å². The third kappa shape index (κ3) is 4.18. The van der Waals surface area contributed by atoms with E-state index in [4.69, 9.17) is 0 Å². The Morgan fingerprint density at radius 3 is 2.29 bits per heavy atom. The maximum atomic E-state index is 12.7. The van der Waals surface area contributed by atoms with Crippen LogP contribution < -0.4 is 0 Å². The molecule has 6 nitrogen and oxygen atoms in total. The van der Waals surface area contributed by atoms with Crippen LogP contribution in [-0.2, 0) is 9.84 Å². The number of nitro benzene ring substituents is 1. The number of benzene rings is 2. The number of non-ortho nitro benzene ring substituents is 1. The van der Waals surface area contributed by atoms with Gasteiger partial charge in [0.1, 0.15) is 0 Å². The first kappa shape index (κ1) is 18.1. The third-order valence-electron chi connectivity index (χ3n) is 3.83. The van der Waals surface area contributed by atoms with Gasteiger partial charge in [0.2, 0.25) is 0 Å². The van der Waals surface area contributed by atoms with Gasteiger partial charge in [0.05, 0.1) is 22.0 Å². The van der Waals surface area contributed by atoms with Crippen LogP contribution in [0.15, 0.2) is 54.6 Å². The average Bonchev–Trinajstić information content (AvgIpc) is 2.56. The molecule has 2 unspecified atom stereocenters. The van der Waals surface area contributed by atoms with E-state index in [0.29, 0.717) is 12.0 Å². The quantitative estimate of drug-likeness (QED) is 0.611. The first-order chi connectivity index (χ1) is 11.3. The summed E-state index contributed by atoms with van der Waals surface area (Å²) >= 11 is 0. The number of rotatable bonds is 7. The molecule has 0 aromatic heterocycles. The van der Waals surface area contributed by atoms with Crippen LogP contribution >= 0.6 is 0 Å². The van der Waals surface area contributed by atoms with Crippen molar-refractivity contribution in [2.45, 2.75) is 24.7 Å². The summed E-state index contributed by atoms with van der Waals surface area (Å²) in [5.74, 6) is -0.485. The maximum Gasteiger partial charge on any atom is 0.269 e. The highest BCUT2D eigenvalue weighted by atomic mass is 32.2. The Labute approximate surface area is 140 Å². The molecule has 0 aliphatic rings. The Bertz CT molecular complexity index is 805. The monoisotopic (exact) mass is 349 g/mol. The van der Waals surface area contributed by atoms with Gasteiger partial charge in [0, 0.05) is 12.1 Å². The van der Waals surface area contributed by atoms with E-state index in [1.54, 1.807) is 37.3 Å². The molecule has 1 N–H and O–H groups in total. The molecule has 0 saturated heterocycles. The highest BCUT2D eigenvalue weighted by molar-refractivity contribution is 7.91. The molecule has 2 aromatic rings. The fourth-order valence-electron chi connectivity index (χ4n) is 2.64. The summed E-state index contributed by atoms with van der Waals surface area (Å²) in [6.45, 7) is 1.77. The first-order valence-electron chi connectivity index (χ1n) is 7.54. The second-order valence-electron chi connectivity index (χ2n) is 5.50. The van der Waals surface area contributed by atoms with Gasteiger partial charge in [-0.1, -0.05) is 49.4 Å². The van der Waals surface area contributed by atoms with E-state index < -0.39 is 31.9 Å². The lowest BCUT2D eigenvalue weighted by Gasteiger charge is -2.19. The van der Waals surface area contributed by atoms with Crippen molar-refractivity contribution >= 4 is 15.5 Å². The zero-order valence-electron chi connectivity index (χ0n) is 13.2. The van der Waals surface area contributed by atoms with Gasteiger partial charge in [-0.25, -0.2) is 8.42 Å². The third-order valence-corrected chi connectivity index (χ3v) is 6.08. The second-order valence-corrected chi connectivity index (χ2v) is 7.73. The van der Waals surface area contributed by atoms with E-state index in [0.717, 1.165) is 0 Å². The van der Waals surface area contributed by atoms with Gasteiger partial charge < -0.3 is 5.11 Å². The molecule has 2 atom stereocenters. The van der Waals surface area contributed by atoms with Crippen LogP contribution in [0, 0.1) is 10.1 Å². The second kappa shape index (κ2) is 7.55. The molecule has 0 saturated carbocycles. The average molecular weight is 349 g/mol. The Morgan fingerprint density at radius 2 is 1.71 bits per heavy atom. The van der Waals surface area contributed by atoms with Gasteiger partial charge in [-0.3, -0.25) is 10.1 Å². The van der Waals surface area contributed by atoms with Crippen LogP contribution in [0.4, 0.5) is 5.69 Å². The summed E-state index contributed by atoms with van der Waals surface area (Å²) < 4.78 is 25.3. The summed E-state index contributed by atoms with van der Waals surface area (Å²) in [5, 5.41) is 20.3. The summed E-state index contributed by atoms with van der Waals surface area (Å²) in [4.78, 5) is 10.2. The van der Waals surface area contributed by atoms with Crippen LogP contribution in [0.1, 0.15) is 35.8 Å². The normalized spacial score (nSPS) is 14.1. The topological polar surface area (TPSA) is 97.5 Å². The lowest BCUT2D eigenvalue weighted by Crippen LogP contribution is -2.21. The van der Waals surface area contributed by atoms with Crippen molar-refractivity contribution in [1.29, 1.82) is 0 Å². The van der Waals surface area contributed by atoms with Crippen molar-refractivity contribution in [2.75, 3.05) is 5.75 Å². The Morgan fingerprint density at radius 1 is 1.08 bits per heavy atom. The van der Waals surface area contributed by atoms with Gasteiger partial charge in [0.25, 0.3) is 5.69 Å². The molecule has 0 spiro atoms. The van der Waals surface area contributed by atoms with Crippen molar-refractivity contribution < 1.29 is 18.4 Å². The van der Waals surface area contributed by atoms with Crippen LogP contribution in [0.2, 0.25) is 0 Å². The Hall–Kier alpha value is -2.25. The fraction of sp³-hybridized carbons (Fsp3) is 0.294. The predicted molar refractivity (Wildman–Crippen MR) is 91.3 cm³/mol. The minimum atomic E-state index is -3.63. The Kier molecular flexibility index (Phi) is 5.69. The lowest BCUT2D eigenvalue weighted by atomic mass is 10.1. The maximum absolute atomic E-state index is 12.7. The summed E-state index contributed by atoms with van der Waals surface area (Å²) in [6, 6.07) is 14.2. The molecule has 7 heteroatoms. The van der Waals surface area contributed by atoms with Crippen LogP contribution in [0.3, 0.4) is 0 Å². The molecule has 0 aliphatic heterocycles. The molecule has 2 aromatic carbocycles. The summed E-state index contributed by atoms with van der Waals surface area (Å²) in [5.41, 5.74) is 0.709. The van der Waals surface area contributed by atoms with Gasteiger partial charge in [-0.2, -0.15) is 0 Å². The predicted octanol–water partition coefficient (Wildman–Crippen LogP) is 3.19. The van der Waals surface area contributed by atoms with E-state index >= 15 is 0 Å². The molecule has 0 radical (unpaired) electrons. The van der Waals surface area contributed by atoms with E-state index in [9.17, 15) is 23.6 Å². The minimum Gasteiger partial charge on any atom is -0.387 e. The standard InChI is InChI=1S/C17H19NO5S/c1-2-17(13-7-4-3-5-8-13)24(22,23)12-16(19)14-9-6-10-15(11-14)18(20)21/h3-11,16-17,19H,2,12H2,1H3. The lowest BCUT2D eigenvalue weighted by molar-refractivity contribution is -0.385. The van der Waals surface area contributed by atoms with Crippen molar-refractivity contribution in [1.82, 2.24) is 0 Å². The molecular weight excluding hydrogens is 330 g/mol. The van der Waals surface area contributed by atoms with Crippen LogP contribution in [0.25, 0.3) is 0 Å². The highest BCUT2D eigenvalue weighted by Crippen LogP contribution is 2.30. The number of hydrogen-bond acceptors (Lipinski definition) is 5. The number of nitro groups is 1. The van der Waals surface area contributed by atoms with Gasteiger partial charge in [-0.15, -0.1) is 0 Å². The fourth-order valence-corrected chi connectivity index (χ4v) is 4.59. The zero-order valence-corrected chi connectivity index (χ0v) is 14.0. The molecule has 2 rings (SSSR count). The van der Waals surface area contributed by atoms with Crippen molar-refractivity contribution in [3.05, 3.63) is 75.8 Å². The molecule has 0 heterocycles. The molecule has 128 valence electrons. The number of nitrogens with zero attached hydrogens (tertiary/aromatic N) is 1. The molecule has 0 amide bonds. The number of aliphatic hydroxyl groups excluding tert-OH is 1. The molecule has 0 bridgehead atoms. The molecule has 24 heavy (non-hydrogen) atoms. The first-order valence-corrected chi connectivity index (χ1v) is 9.25. The van der Waals surface area contributed by atoms with E-state index in [1.807, 2.05) is 0 Å².